The number of hydrogen-bond acceptors (Lipinski definition) is 3. The van der Waals surface area contributed by atoms with Gasteiger partial charge >= 0.3 is 0 Å². The van der Waals surface area contributed by atoms with Crippen LogP contribution in [0.3, 0.4) is 0 Å². The summed E-state index contributed by atoms with van der Waals surface area (Å²) in [6.45, 7) is 0. The highest BCUT2D eigenvalue weighted by molar-refractivity contribution is 7.92. The lowest BCUT2D eigenvalue weighted by molar-refractivity contribution is 0.604. The summed E-state index contributed by atoms with van der Waals surface area (Å²) in [6.07, 6.45) is 0. The van der Waals surface area contributed by atoms with E-state index >= 15 is 0 Å². The lowest BCUT2D eigenvalue weighted by atomic mass is 10.1. The van der Waals surface area contributed by atoms with Gasteiger partial charge in [0.05, 0.1) is 11.8 Å². The second kappa shape index (κ2) is 4.44. The van der Waals surface area contributed by atoms with Crippen LogP contribution in [-0.2, 0) is 10.0 Å². The highest BCUT2D eigenvalue weighted by Gasteiger charge is 2.10. The largest absolute Gasteiger partial charge is 0.282 e. The van der Waals surface area contributed by atoms with E-state index in [1.807, 2.05) is 30.3 Å². The molecule has 0 unspecified atom stereocenters. The van der Waals surface area contributed by atoms with Crippen LogP contribution in [0.2, 0.25) is 0 Å². The van der Waals surface area contributed by atoms with Crippen LogP contribution < -0.4 is 4.72 Å². The van der Waals surface area contributed by atoms with Gasteiger partial charge in [-0.25, -0.2) is 8.42 Å². The molecule has 0 radical (unpaired) electrons. The lowest BCUT2D eigenvalue weighted by Crippen LogP contribution is -2.15. The Bertz CT molecular complexity index is 682. The first-order valence-corrected chi connectivity index (χ1v) is 6.63. The van der Waals surface area contributed by atoms with Crippen LogP contribution in [0, 0.1) is 11.3 Å². The molecule has 1 N–H and O–H groups in total. The van der Waals surface area contributed by atoms with Crippen molar-refractivity contribution in [1.29, 1.82) is 5.26 Å². The predicted molar refractivity (Wildman–Crippen MR) is 67.0 cm³/mol. The summed E-state index contributed by atoms with van der Waals surface area (Å²) in [5.74, 6) is -0.545. The summed E-state index contributed by atoms with van der Waals surface area (Å²) in [6, 6.07) is 14.4. The Balaban J connectivity index is 2.47. The van der Waals surface area contributed by atoms with Crippen molar-refractivity contribution in [3.63, 3.8) is 0 Å². The van der Waals surface area contributed by atoms with Gasteiger partial charge in [0.2, 0.25) is 10.0 Å². The molecule has 2 aromatic rings. The van der Waals surface area contributed by atoms with Crippen LogP contribution in [0.25, 0.3) is 10.8 Å². The molecule has 0 saturated carbocycles. The van der Waals surface area contributed by atoms with Gasteiger partial charge in [0, 0.05) is 5.39 Å². The summed E-state index contributed by atoms with van der Waals surface area (Å²) in [5.41, 5.74) is 0.498. The zero-order chi connectivity index (χ0) is 12.3. The maximum atomic E-state index is 11.5. The maximum absolute atomic E-state index is 11.5. The SMILES string of the molecule is N#CCS(=O)(=O)Nc1cccc2ccccc12. The van der Waals surface area contributed by atoms with Crippen LogP contribution in [0.5, 0.6) is 0 Å². The quantitative estimate of drug-likeness (QED) is 0.901. The molecule has 0 atom stereocenters. The third-order valence-electron chi connectivity index (χ3n) is 2.31. The first kappa shape index (κ1) is 11.4. The monoisotopic (exact) mass is 246 g/mol. The van der Waals surface area contributed by atoms with Crippen molar-refractivity contribution in [2.75, 3.05) is 10.5 Å². The number of fused-ring (bicyclic) bond motifs is 1. The molecule has 0 spiro atoms. The van der Waals surface area contributed by atoms with Gasteiger partial charge in [-0.3, -0.25) is 4.72 Å². The first-order valence-electron chi connectivity index (χ1n) is 4.97. The number of rotatable bonds is 3. The average Bonchev–Trinajstić information content (AvgIpc) is 2.29. The molecule has 4 nitrogen and oxygen atoms in total. The Morgan fingerprint density at radius 3 is 2.59 bits per heavy atom. The molecule has 0 aliphatic heterocycles. The Hall–Kier alpha value is -2.06. The number of hydrogen-bond donors (Lipinski definition) is 1. The second-order valence-electron chi connectivity index (χ2n) is 3.55. The van der Waals surface area contributed by atoms with Crippen molar-refractivity contribution in [3.05, 3.63) is 42.5 Å². The summed E-state index contributed by atoms with van der Waals surface area (Å²) < 4.78 is 25.4. The Labute approximate surface area is 99.5 Å². The van der Waals surface area contributed by atoms with E-state index in [4.69, 9.17) is 5.26 Å². The molecule has 0 fully saturated rings. The van der Waals surface area contributed by atoms with Crippen molar-refractivity contribution in [3.8, 4) is 6.07 Å². The Morgan fingerprint density at radius 2 is 1.82 bits per heavy atom. The van der Waals surface area contributed by atoms with Gasteiger partial charge in [-0.05, 0) is 11.5 Å². The van der Waals surface area contributed by atoms with Gasteiger partial charge in [-0.2, -0.15) is 5.26 Å². The minimum absolute atomic E-state index is 0.498. The Kier molecular flexibility index (Phi) is 2.98. The topological polar surface area (TPSA) is 70.0 Å². The normalized spacial score (nSPS) is 11.0. The van der Waals surface area contributed by atoms with E-state index in [1.54, 1.807) is 18.2 Å². The fourth-order valence-corrected chi connectivity index (χ4v) is 2.36. The van der Waals surface area contributed by atoms with Crippen LogP contribution in [0.15, 0.2) is 42.5 Å². The van der Waals surface area contributed by atoms with E-state index in [9.17, 15) is 8.42 Å². The molecule has 0 heterocycles. The smallest absolute Gasteiger partial charge is 0.246 e. The van der Waals surface area contributed by atoms with Gasteiger partial charge in [-0.1, -0.05) is 36.4 Å². The number of sulfonamides is 1. The Morgan fingerprint density at radius 1 is 1.12 bits per heavy atom. The molecule has 2 rings (SSSR count). The standard InChI is InChI=1S/C12H10N2O2S/c13-8-9-17(15,16)14-12-7-3-5-10-4-1-2-6-11(10)12/h1-7,14H,9H2. The zero-order valence-electron chi connectivity index (χ0n) is 8.92. The number of nitrogens with zero attached hydrogens (tertiary/aromatic N) is 1. The van der Waals surface area contributed by atoms with Crippen molar-refractivity contribution >= 4 is 26.5 Å². The van der Waals surface area contributed by atoms with Crippen LogP contribution in [-0.4, -0.2) is 14.2 Å². The summed E-state index contributed by atoms with van der Waals surface area (Å²) >= 11 is 0. The molecule has 2 aromatic carbocycles. The van der Waals surface area contributed by atoms with E-state index in [0.29, 0.717) is 5.69 Å². The van der Waals surface area contributed by atoms with E-state index in [-0.39, 0.29) is 0 Å². The lowest BCUT2D eigenvalue weighted by Gasteiger charge is -2.08. The fourth-order valence-electron chi connectivity index (χ4n) is 1.60. The molecule has 0 bridgehead atoms. The van der Waals surface area contributed by atoms with Gasteiger partial charge < -0.3 is 0 Å². The minimum atomic E-state index is -3.59. The predicted octanol–water partition coefficient (Wildman–Crippen LogP) is 2.11. The minimum Gasteiger partial charge on any atom is -0.282 e. The molecule has 0 amide bonds. The van der Waals surface area contributed by atoms with Crippen molar-refractivity contribution in [2.45, 2.75) is 0 Å². The van der Waals surface area contributed by atoms with Crippen LogP contribution in [0.1, 0.15) is 0 Å². The average molecular weight is 246 g/mol. The fraction of sp³-hybridized carbons (Fsp3) is 0.0833. The van der Waals surface area contributed by atoms with E-state index in [0.717, 1.165) is 10.8 Å². The maximum Gasteiger partial charge on any atom is 0.246 e. The number of benzene rings is 2. The van der Waals surface area contributed by atoms with Crippen LogP contribution in [0.4, 0.5) is 5.69 Å². The third kappa shape index (κ3) is 2.55. The third-order valence-corrected chi connectivity index (χ3v) is 3.35. The highest BCUT2D eigenvalue weighted by atomic mass is 32.2. The molecule has 0 aromatic heterocycles. The van der Waals surface area contributed by atoms with Gasteiger partial charge in [0.1, 0.15) is 0 Å². The van der Waals surface area contributed by atoms with E-state index < -0.39 is 15.8 Å². The number of nitrogens with one attached hydrogen (secondary N) is 1. The van der Waals surface area contributed by atoms with Crippen molar-refractivity contribution in [2.24, 2.45) is 0 Å². The number of anilines is 1. The van der Waals surface area contributed by atoms with Crippen molar-refractivity contribution < 1.29 is 8.42 Å². The molecular formula is C12H10N2O2S. The summed E-state index contributed by atoms with van der Waals surface area (Å²) in [4.78, 5) is 0. The van der Waals surface area contributed by atoms with E-state index in [1.165, 1.54) is 0 Å². The molecule has 86 valence electrons. The molecule has 0 aliphatic rings. The summed E-state index contributed by atoms with van der Waals surface area (Å²) in [5, 5.41) is 10.2. The zero-order valence-corrected chi connectivity index (χ0v) is 9.74. The number of nitriles is 1. The molecule has 0 saturated heterocycles. The second-order valence-corrected chi connectivity index (χ2v) is 5.27. The highest BCUT2D eigenvalue weighted by Crippen LogP contribution is 2.23. The van der Waals surface area contributed by atoms with Gasteiger partial charge in [0.15, 0.2) is 5.75 Å². The summed E-state index contributed by atoms with van der Waals surface area (Å²) in [7, 11) is -3.59. The van der Waals surface area contributed by atoms with Crippen molar-refractivity contribution in [1.82, 2.24) is 0 Å². The molecule has 5 heteroatoms. The molecule has 0 aliphatic carbocycles. The molecular weight excluding hydrogens is 236 g/mol. The van der Waals surface area contributed by atoms with Crippen LogP contribution >= 0.6 is 0 Å². The van der Waals surface area contributed by atoms with Gasteiger partial charge in [-0.15, -0.1) is 0 Å². The molecule has 17 heavy (non-hydrogen) atoms. The van der Waals surface area contributed by atoms with E-state index in [2.05, 4.69) is 4.72 Å². The van der Waals surface area contributed by atoms with Gasteiger partial charge in [0.25, 0.3) is 0 Å². The first-order chi connectivity index (χ1) is 8.12.